The summed E-state index contributed by atoms with van der Waals surface area (Å²) in [6.45, 7) is 6.52. The smallest absolute Gasteiger partial charge is 0.166 e. The lowest BCUT2D eigenvalue weighted by Crippen LogP contribution is -2.21. The molecule has 0 N–H and O–H groups in total. The summed E-state index contributed by atoms with van der Waals surface area (Å²) in [7, 11) is 0. The van der Waals surface area contributed by atoms with Crippen LogP contribution in [0.25, 0.3) is 22.3 Å². The lowest BCUT2D eigenvalue weighted by molar-refractivity contribution is -0.0211. The Balaban J connectivity index is 1.48. The third-order valence-electron chi connectivity index (χ3n) is 6.96. The van der Waals surface area contributed by atoms with Gasteiger partial charge in [0.15, 0.2) is 11.6 Å². The van der Waals surface area contributed by atoms with Crippen LogP contribution in [0.4, 0.5) is 13.2 Å². The summed E-state index contributed by atoms with van der Waals surface area (Å²) in [6.07, 6.45) is 7.74. The van der Waals surface area contributed by atoms with Crippen molar-refractivity contribution < 1.29 is 17.9 Å². The fourth-order valence-corrected chi connectivity index (χ4v) is 4.94. The lowest BCUT2D eigenvalue weighted by Gasteiger charge is -2.29. The highest BCUT2D eigenvalue weighted by atomic mass is 19.2. The van der Waals surface area contributed by atoms with E-state index < -0.39 is 11.6 Å². The summed E-state index contributed by atoms with van der Waals surface area (Å²) in [4.78, 5) is 0. The predicted molar refractivity (Wildman–Crippen MR) is 137 cm³/mol. The monoisotopic (exact) mass is 478 g/mol. The van der Waals surface area contributed by atoms with E-state index >= 15 is 0 Å². The maximum Gasteiger partial charge on any atom is 0.166 e. The molecule has 1 aliphatic rings. The fraction of sp³-hybridized carbons (Fsp3) is 0.355. The molecule has 184 valence electrons. The molecule has 0 amide bonds. The number of aryl methyl sites for hydroxylation is 1. The first-order valence-electron chi connectivity index (χ1n) is 12.6. The van der Waals surface area contributed by atoms with Crippen LogP contribution in [-0.2, 0) is 11.2 Å². The van der Waals surface area contributed by atoms with Crippen molar-refractivity contribution in [3.8, 4) is 22.3 Å². The third-order valence-corrected chi connectivity index (χ3v) is 6.96. The van der Waals surface area contributed by atoms with Crippen LogP contribution in [0.5, 0.6) is 0 Å². The Morgan fingerprint density at radius 2 is 1.66 bits per heavy atom. The van der Waals surface area contributed by atoms with Crippen LogP contribution in [0.3, 0.4) is 0 Å². The maximum atomic E-state index is 15.0. The summed E-state index contributed by atoms with van der Waals surface area (Å²) in [6, 6.07) is 15.6. The normalized spacial score (nSPS) is 17.9. The molecule has 4 heteroatoms. The molecule has 3 aromatic carbocycles. The number of hydrogen-bond donors (Lipinski definition) is 0. The second-order valence-corrected chi connectivity index (χ2v) is 9.45. The van der Waals surface area contributed by atoms with Gasteiger partial charge in [0.1, 0.15) is 5.82 Å². The Morgan fingerprint density at radius 3 is 2.31 bits per heavy atom. The first kappa shape index (κ1) is 25.2. The summed E-state index contributed by atoms with van der Waals surface area (Å²) < 4.78 is 50.3. The van der Waals surface area contributed by atoms with Gasteiger partial charge in [0.05, 0.1) is 12.7 Å². The molecule has 0 radical (unpaired) electrons. The van der Waals surface area contributed by atoms with E-state index in [9.17, 15) is 13.2 Å². The minimum atomic E-state index is -0.835. The molecule has 35 heavy (non-hydrogen) atoms. The van der Waals surface area contributed by atoms with E-state index in [1.165, 1.54) is 6.07 Å². The topological polar surface area (TPSA) is 9.23 Å². The average Bonchev–Trinajstić information content (AvgIpc) is 2.88. The zero-order valence-electron chi connectivity index (χ0n) is 20.3. The first-order valence-corrected chi connectivity index (χ1v) is 12.6. The highest BCUT2D eigenvalue weighted by molar-refractivity contribution is 5.71. The van der Waals surface area contributed by atoms with Crippen molar-refractivity contribution in [1.82, 2.24) is 0 Å². The summed E-state index contributed by atoms with van der Waals surface area (Å²) >= 11 is 0. The van der Waals surface area contributed by atoms with Crippen LogP contribution in [0, 0.1) is 23.4 Å². The number of unbranched alkanes of at least 4 members (excludes halogenated alkanes) is 1. The van der Waals surface area contributed by atoms with Gasteiger partial charge in [-0.05, 0) is 72.8 Å². The van der Waals surface area contributed by atoms with E-state index in [2.05, 4.69) is 13.5 Å². The minimum absolute atomic E-state index is 0.197. The molecule has 1 aliphatic heterocycles. The number of benzene rings is 3. The van der Waals surface area contributed by atoms with Gasteiger partial charge in [0.2, 0.25) is 0 Å². The fourth-order valence-electron chi connectivity index (χ4n) is 4.94. The van der Waals surface area contributed by atoms with E-state index in [-0.39, 0.29) is 17.5 Å². The largest absolute Gasteiger partial charge is 0.373 e. The van der Waals surface area contributed by atoms with Crippen LogP contribution in [0.1, 0.15) is 62.7 Å². The number of rotatable bonds is 9. The number of ether oxygens (including phenoxy) is 1. The Labute approximate surface area is 206 Å². The molecule has 2 atom stereocenters. The summed E-state index contributed by atoms with van der Waals surface area (Å²) in [5, 5.41) is 0. The molecule has 0 bridgehead atoms. The van der Waals surface area contributed by atoms with E-state index in [1.54, 1.807) is 30.3 Å². The van der Waals surface area contributed by atoms with E-state index in [0.29, 0.717) is 35.6 Å². The van der Waals surface area contributed by atoms with Gasteiger partial charge in [0.25, 0.3) is 0 Å². The molecule has 0 saturated carbocycles. The molecule has 1 heterocycles. The number of halogens is 3. The lowest BCUT2D eigenvalue weighted by atomic mass is 9.91. The van der Waals surface area contributed by atoms with Crippen molar-refractivity contribution in [3.63, 3.8) is 0 Å². The van der Waals surface area contributed by atoms with Gasteiger partial charge in [-0.1, -0.05) is 68.0 Å². The molecular weight excluding hydrogens is 445 g/mol. The van der Waals surface area contributed by atoms with Crippen LogP contribution >= 0.6 is 0 Å². The van der Waals surface area contributed by atoms with Crippen LogP contribution in [0.2, 0.25) is 0 Å². The van der Waals surface area contributed by atoms with Gasteiger partial charge in [0, 0.05) is 11.1 Å². The van der Waals surface area contributed by atoms with Gasteiger partial charge in [-0.25, -0.2) is 13.2 Å². The standard InChI is InChI=1S/C31H33F3O/c1-3-5-6-8-24-14-16-26(31(34)30(24)33)23-12-10-22(11-13-23)25-15-17-27(28(32)19-25)29-18-9-21(7-4-2)20-35-29/h3,10-17,19,21,29H,1,4-9,18,20H2,2H3. The summed E-state index contributed by atoms with van der Waals surface area (Å²) in [5.74, 6) is -1.33. The molecule has 0 aliphatic carbocycles. The van der Waals surface area contributed by atoms with Crippen LogP contribution < -0.4 is 0 Å². The molecule has 4 rings (SSSR count). The highest BCUT2D eigenvalue weighted by Crippen LogP contribution is 2.35. The van der Waals surface area contributed by atoms with Crippen LogP contribution in [0.15, 0.2) is 67.3 Å². The van der Waals surface area contributed by atoms with E-state index in [0.717, 1.165) is 49.7 Å². The van der Waals surface area contributed by atoms with Gasteiger partial charge >= 0.3 is 0 Å². The highest BCUT2D eigenvalue weighted by Gasteiger charge is 2.24. The van der Waals surface area contributed by atoms with Crippen LogP contribution in [-0.4, -0.2) is 6.61 Å². The second kappa shape index (κ2) is 11.7. The van der Waals surface area contributed by atoms with E-state index in [4.69, 9.17) is 4.74 Å². The average molecular weight is 479 g/mol. The molecule has 2 unspecified atom stereocenters. The van der Waals surface area contributed by atoms with Gasteiger partial charge in [-0.2, -0.15) is 0 Å². The summed E-state index contributed by atoms with van der Waals surface area (Å²) in [5.41, 5.74) is 3.33. The van der Waals surface area contributed by atoms with Crippen molar-refractivity contribution in [3.05, 3.63) is 95.8 Å². The maximum absolute atomic E-state index is 15.0. The molecule has 0 aromatic heterocycles. The number of hydrogen-bond acceptors (Lipinski definition) is 1. The quantitative estimate of drug-likeness (QED) is 0.220. The molecule has 0 spiro atoms. The SMILES string of the molecule is C=CCCCc1ccc(-c2ccc(-c3ccc(C4CCC(CCC)CO4)c(F)c3)cc2)c(F)c1F. The molecule has 1 nitrogen and oxygen atoms in total. The third kappa shape index (κ3) is 5.87. The zero-order chi connectivity index (χ0) is 24.8. The van der Waals surface area contributed by atoms with Crippen molar-refractivity contribution in [2.75, 3.05) is 6.61 Å². The second-order valence-electron chi connectivity index (χ2n) is 9.45. The molecule has 1 saturated heterocycles. The van der Waals surface area contributed by atoms with Gasteiger partial charge in [-0.3, -0.25) is 0 Å². The van der Waals surface area contributed by atoms with Crippen molar-refractivity contribution >= 4 is 0 Å². The Hall–Kier alpha value is -2.85. The minimum Gasteiger partial charge on any atom is -0.373 e. The Morgan fingerprint density at radius 1 is 0.914 bits per heavy atom. The predicted octanol–water partition coefficient (Wildman–Crippen LogP) is 9.21. The number of allylic oxidation sites excluding steroid dienone is 1. The molecule has 1 fully saturated rings. The first-order chi connectivity index (χ1) is 17.0. The Kier molecular flexibility index (Phi) is 8.46. The van der Waals surface area contributed by atoms with Crippen molar-refractivity contribution in [2.45, 2.75) is 58.0 Å². The Bertz CT molecular complexity index is 1140. The van der Waals surface area contributed by atoms with Crippen molar-refractivity contribution in [2.24, 2.45) is 5.92 Å². The van der Waals surface area contributed by atoms with Gasteiger partial charge in [-0.15, -0.1) is 6.58 Å². The molecule has 3 aromatic rings. The molecular formula is C31H33F3O. The zero-order valence-corrected chi connectivity index (χ0v) is 20.3. The van der Waals surface area contributed by atoms with Gasteiger partial charge < -0.3 is 4.74 Å². The van der Waals surface area contributed by atoms with Crippen molar-refractivity contribution in [1.29, 1.82) is 0 Å². The van der Waals surface area contributed by atoms with E-state index in [1.807, 2.05) is 24.3 Å².